The van der Waals surface area contributed by atoms with Gasteiger partial charge in [0, 0.05) is 24.1 Å². The Kier molecular flexibility index (Phi) is 13.4. The largest absolute Gasteiger partial charge is 1.00 e. The fraction of sp³-hybridized carbons (Fsp3) is 0.619. The molecule has 0 aromatic carbocycles. The van der Waals surface area contributed by atoms with Crippen molar-refractivity contribution in [3.63, 3.8) is 0 Å². The molecule has 0 aliphatic heterocycles. The topological polar surface area (TPSA) is 30.2 Å². The summed E-state index contributed by atoms with van der Waals surface area (Å²) < 4.78 is 7.60. The highest BCUT2D eigenvalue weighted by Crippen LogP contribution is 2.16. The Hall–Kier alpha value is -1.16. The molecule has 1 aromatic heterocycles. The van der Waals surface area contributed by atoms with E-state index in [1.165, 1.54) is 50.5 Å². The molecule has 0 radical (unpaired) electrons. The van der Waals surface area contributed by atoms with Crippen molar-refractivity contribution in [3.8, 4) is 0 Å². The van der Waals surface area contributed by atoms with Crippen LogP contribution >= 0.6 is 0 Å². The number of halogens is 1. The Bertz CT molecular complexity index is 499. The summed E-state index contributed by atoms with van der Waals surface area (Å²) in [6.07, 6.45) is 14.8. The number of esters is 1. The summed E-state index contributed by atoms with van der Waals surface area (Å²) in [7, 11) is 0. The number of carbonyl (C=O) groups is 1. The van der Waals surface area contributed by atoms with Crippen LogP contribution in [-0.4, -0.2) is 5.97 Å². The zero-order valence-electron chi connectivity index (χ0n) is 16.1. The van der Waals surface area contributed by atoms with Crippen LogP contribution < -0.4 is 21.5 Å². The van der Waals surface area contributed by atoms with Crippen molar-refractivity contribution in [3.05, 3.63) is 42.2 Å². The summed E-state index contributed by atoms with van der Waals surface area (Å²) in [5.41, 5.74) is 1.65. The average molecular weight is 412 g/mol. The first-order valence-electron chi connectivity index (χ1n) is 9.38. The number of hydrogen-bond acceptors (Lipinski definition) is 2. The maximum absolute atomic E-state index is 11.9. The van der Waals surface area contributed by atoms with Gasteiger partial charge in [-0.15, -0.1) is 0 Å². The molecule has 3 nitrogen and oxygen atoms in total. The molecule has 0 spiro atoms. The van der Waals surface area contributed by atoms with Gasteiger partial charge in [-0.05, 0) is 25.8 Å². The first kappa shape index (κ1) is 23.8. The predicted molar refractivity (Wildman–Crippen MR) is 98.5 cm³/mol. The number of nitrogens with zero attached hydrogens (tertiary/aromatic N) is 1. The second-order valence-corrected chi connectivity index (χ2v) is 6.73. The van der Waals surface area contributed by atoms with Gasteiger partial charge in [-0.3, -0.25) is 0 Å². The van der Waals surface area contributed by atoms with Crippen LogP contribution in [0.25, 0.3) is 0 Å². The zero-order chi connectivity index (χ0) is 17.8. The van der Waals surface area contributed by atoms with Gasteiger partial charge in [0.15, 0.2) is 12.4 Å². The summed E-state index contributed by atoms with van der Waals surface area (Å²) in [4.78, 5) is 11.9. The molecule has 0 aliphatic rings. The molecule has 0 amide bonds. The number of ether oxygens (including phenoxy) is 1. The van der Waals surface area contributed by atoms with E-state index in [-0.39, 0.29) is 29.2 Å². The minimum absolute atomic E-state index is 0. The minimum Gasteiger partial charge on any atom is -1.00 e. The van der Waals surface area contributed by atoms with Crippen LogP contribution in [0.15, 0.2) is 36.7 Å². The summed E-state index contributed by atoms with van der Waals surface area (Å²) in [6, 6.07) is 4.07. The lowest BCUT2D eigenvalue weighted by Gasteiger charge is -2.13. The van der Waals surface area contributed by atoms with E-state index in [0.717, 1.165) is 12.8 Å². The van der Waals surface area contributed by atoms with Gasteiger partial charge >= 0.3 is 12.2 Å². The van der Waals surface area contributed by atoms with Crippen LogP contribution in [0.1, 0.15) is 83.4 Å². The molecule has 0 saturated heterocycles. The molecule has 1 heterocycles. The first-order valence-corrected chi connectivity index (χ1v) is 9.38. The lowest BCUT2D eigenvalue weighted by Crippen LogP contribution is -3.00. The van der Waals surface area contributed by atoms with Gasteiger partial charge in [0.1, 0.15) is 0 Å². The molecule has 0 bridgehead atoms. The van der Waals surface area contributed by atoms with E-state index in [9.17, 15) is 4.79 Å². The van der Waals surface area contributed by atoms with E-state index in [2.05, 4.69) is 20.4 Å². The molecule has 1 atom stereocenters. The van der Waals surface area contributed by atoms with E-state index in [1.807, 2.05) is 29.1 Å². The van der Waals surface area contributed by atoms with Crippen molar-refractivity contribution in [2.24, 2.45) is 0 Å². The third-order valence-corrected chi connectivity index (χ3v) is 4.25. The molecule has 0 aliphatic carbocycles. The predicted octanol–water partition coefficient (Wildman–Crippen LogP) is 2.44. The number of aromatic nitrogens is 1. The van der Waals surface area contributed by atoms with Gasteiger partial charge in [-0.1, -0.05) is 58.4 Å². The Morgan fingerprint density at radius 2 is 1.60 bits per heavy atom. The normalized spacial score (nSPS) is 11.5. The van der Waals surface area contributed by atoms with Crippen LogP contribution in [0.3, 0.4) is 0 Å². The maximum atomic E-state index is 11.9. The fourth-order valence-electron chi connectivity index (χ4n) is 2.65. The second-order valence-electron chi connectivity index (χ2n) is 6.73. The Labute approximate surface area is 164 Å². The van der Waals surface area contributed by atoms with Crippen LogP contribution in [0.2, 0.25) is 0 Å². The molecule has 1 unspecified atom stereocenters. The van der Waals surface area contributed by atoms with Gasteiger partial charge in [0.05, 0.1) is 0 Å². The lowest BCUT2D eigenvalue weighted by molar-refractivity contribution is -0.757. The maximum Gasteiger partial charge on any atom is 0.338 e. The van der Waals surface area contributed by atoms with Gasteiger partial charge in [-0.25, -0.2) is 4.79 Å². The molecule has 0 saturated carbocycles. The van der Waals surface area contributed by atoms with Crippen LogP contribution in [0.4, 0.5) is 0 Å². The summed E-state index contributed by atoms with van der Waals surface area (Å²) in [6.45, 7) is 9.67. The lowest BCUT2D eigenvalue weighted by atomic mass is 10.1. The SMILES string of the molecule is C=C(C)C(=O)OC(CCCCCCCCCC)[n+]1ccc(C)cc1.[Br-]. The van der Waals surface area contributed by atoms with Gasteiger partial charge in [0.2, 0.25) is 0 Å². The third-order valence-electron chi connectivity index (χ3n) is 4.25. The highest BCUT2D eigenvalue weighted by atomic mass is 79.9. The van der Waals surface area contributed by atoms with Gasteiger partial charge < -0.3 is 21.7 Å². The Balaban J connectivity index is 0.00000576. The smallest absolute Gasteiger partial charge is 0.338 e. The molecule has 0 N–H and O–H groups in total. The molecule has 142 valence electrons. The highest BCUT2D eigenvalue weighted by molar-refractivity contribution is 5.86. The molecule has 1 rings (SSSR count). The summed E-state index contributed by atoms with van der Waals surface area (Å²) in [5.74, 6) is -0.312. The Morgan fingerprint density at radius 3 is 2.12 bits per heavy atom. The van der Waals surface area contributed by atoms with Crippen LogP contribution in [-0.2, 0) is 9.53 Å². The highest BCUT2D eigenvalue weighted by Gasteiger charge is 2.22. The number of carbonyl (C=O) groups excluding carboxylic acids is 1. The summed E-state index contributed by atoms with van der Waals surface area (Å²) in [5, 5.41) is 0. The second kappa shape index (κ2) is 14.1. The number of aryl methyl sites for hydroxylation is 1. The zero-order valence-corrected chi connectivity index (χ0v) is 17.7. The third kappa shape index (κ3) is 10.4. The average Bonchev–Trinajstić information content (AvgIpc) is 2.56. The first-order chi connectivity index (χ1) is 11.5. The van der Waals surface area contributed by atoms with Crippen molar-refractivity contribution in [2.75, 3.05) is 0 Å². The molecule has 25 heavy (non-hydrogen) atoms. The molecular formula is C21H34BrNO2. The van der Waals surface area contributed by atoms with Crippen molar-refractivity contribution in [2.45, 2.75) is 84.8 Å². The molecule has 0 fully saturated rings. The van der Waals surface area contributed by atoms with Crippen molar-refractivity contribution >= 4 is 5.97 Å². The van der Waals surface area contributed by atoms with E-state index in [4.69, 9.17) is 4.74 Å². The van der Waals surface area contributed by atoms with E-state index < -0.39 is 0 Å². The van der Waals surface area contributed by atoms with Gasteiger partial charge in [0.25, 0.3) is 0 Å². The number of unbranched alkanes of at least 4 members (excludes halogenated alkanes) is 7. The van der Waals surface area contributed by atoms with E-state index in [1.54, 1.807) is 6.92 Å². The monoisotopic (exact) mass is 411 g/mol. The van der Waals surface area contributed by atoms with Crippen LogP contribution in [0.5, 0.6) is 0 Å². The number of hydrogen-bond donors (Lipinski definition) is 0. The quantitative estimate of drug-likeness (QED) is 0.229. The van der Waals surface area contributed by atoms with E-state index >= 15 is 0 Å². The number of rotatable bonds is 12. The van der Waals surface area contributed by atoms with Crippen LogP contribution in [0, 0.1) is 6.92 Å². The van der Waals surface area contributed by atoms with Crippen molar-refractivity contribution < 1.29 is 31.1 Å². The number of pyridine rings is 1. The minimum atomic E-state index is -0.312. The molecule has 1 aromatic rings. The van der Waals surface area contributed by atoms with E-state index in [0.29, 0.717) is 5.57 Å². The molecule has 4 heteroatoms. The molecular weight excluding hydrogens is 378 g/mol. The fourth-order valence-corrected chi connectivity index (χ4v) is 2.65. The Morgan fingerprint density at radius 1 is 1.08 bits per heavy atom. The van der Waals surface area contributed by atoms with Crippen molar-refractivity contribution in [1.29, 1.82) is 0 Å². The van der Waals surface area contributed by atoms with Crippen molar-refractivity contribution in [1.82, 2.24) is 0 Å². The standard InChI is InChI=1S/C21H34NO2.BrH/c1-5-6-7-8-9-10-11-12-13-20(24-21(23)18(2)3)22-16-14-19(4)15-17-22;/h14-17,20H,2,5-13H2,1,3-4H3;1H/q+1;/p-1. The summed E-state index contributed by atoms with van der Waals surface area (Å²) >= 11 is 0. The van der Waals surface area contributed by atoms with Gasteiger partial charge in [-0.2, -0.15) is 4.57 Å².